The monoisotopic (exact) mass is 276 g/mol. The van der Waals surface area contributed by atoms with Gasteiger partial charge in [0.05, 0.1) is 6.04 Å². The van der Waals surface area contributed by atoms with Crippen LogP contribution >= 0.6 is 12.4 Å². The first-order valence-corrected chi connectivity index (χ1v) is 7.06. The van der Waals surface area contributed by atoms with Crippen LogP contribution < -0.4 is 5.73 Å². The molecule has 1 saturated carbocycles. The highest BCUT2D eigenvalue weighted by molar-refractivity contribution is 5.85. The molecule has 0 saturated heterocycles. The Morgan fingerprint density at radius 2 is 1.89 bits per heavy atom. The number of hydrogen-bond donors (Lipinski definition) is 1. The lowest BCUT2D eigenvalue weighted by atomic mass is 9.88. The molecule has 18 heavy (non-hydrogen) atoms. The molecule has 0 aromatic heterocycles. The first kappa shape index (κ1) is 17.7. The third kappa shape index (κ3) is 5.15. The van der Waals surface area contributed by atoms with Crippen LogP contribution in [0.1, 0.15) is 52.4 Å². The minimum Gasteiger partial charge on any atom is -0.344 e. The van der Waals surface area contributed by atoms with Crippen molar-refractivity contribution < 1.29 is 4.79 Å². The SMILES string of the molecule is CCC(C)C(N)C(=O)N(C)CC1CCCCC1.Cl. The predicted molar refractivity (Wildman–Crippen MR) is 78.9 cm³/mol. The van der Waals surface area contributed by atoms with E-state index in [1.807, 2.05) is 11.9 Å². The second kappa shape index (κ2) is 8.76. The predicted octanol–water partition coefficient (Wildman–Crippen LogP) is 2.82. The van der Waals surface area contributed by atoms with Gasteiger partial charge in [-0.15, -0.1) is 12.4 Å². The van der Waals surface area contributed by atoms with E-state index >= 15 is 0 Å². The van der Waals surface area contributed by atoms with Gasteiger partial charge in [-0.25, -0.2) is 0 Å². The fraction of sp³-hybridized carbons (Fsp3) is 0.929. The number of nitrogens with two attached hydrogens (primary N) is 1. The van der Waals surface area contributed by atoms with Gasteiger partial charge < -0.3 is 10.6 Å². The highest BCUT2D eigenvalue weighted by Crippen LogP contribution is 2.24. The summed E-state index contributed by atoms with van der Waals surface area (Å²) in [5.74, 6) is 1.09. The number of halogens is 1. The van der Waals surface area contributed by atoms with E-state index in [9.17, 15) is 4.79 Å². The highest BCUT2D eigenvalue weighted by atomic mass is 35.5. The third-order valence-corrected chi connectivity index (χ3v) is 4.18. The second-order valence-electron chi connectivity index (χ2n) is 5.63. The molecule has 2 atom stereocenters. The minimum absolute atomic E-state index is 0. The Balaban J connectivity index is 0.00000289. The number of nitrogens with zero attached hydrogens (tertiary/aromatic N) is 1. The van der Waals surface area contributed by atoms with Crippen molar-refractivity contribution in [3.8, 4) is 0 Å². The van der Waals surface area contributed by atoms with Gasteiger partial charge in [0.1, 0.15) is 0 Å². The number of amides is 1. The van der Waals surface area contributed by atoms with Crippen molar-refractivity contribution in [3.05, 3.63) is 0 Å². The number of likely N-dealkylation sites (N-methyl/N-ethyl adjacent to an activating group) is 1. The zero-order valence-corrected chi connectivity index (χ0v) is 12.8. The van der Waals surface area contributed by atoms with Crippen LogP contribution in [0.4, 0.5) is 0 Å². The summed E-state index contributed by atoms with van der Waals surface area (Å²) in [4.78, 5) is 14.0. The Kier molecular flexibility index (Phi) is 8.62. The Labute approximate surface area is 118 Å². The molecule has 1 aliphatic carbocycles. The van der Waals surface area contributed by atoms with E-state index in [0.29, 0.717) is 5.92 Å². The van der Waals surface area contributed by atoms with Gasteiger partial charge in [-0.05, 0) is 24.7 Å². The largest absolute Gasteiger partial charge is 0.344 e. The van der Waals surface area contributed by atoms with Gasteiger partial charge in [0, 0.05) is 13.6 Å². The lowest BCUT2D eigenvalue weighted by molar-refractivity contribution is -0.133. The molecule has 0 heterocycles. The summed E-state index contributed by atoms with van der Waals surface area (Å²) in [6, 6.07) is -0.325. The average molecular weight is 277 g/mol. The molecule has 0 spiro atoms. The van der Waals surface area contributed by atoms with Crippen molar-refractivity contribution in [1.29, 1.82) is 0 Å². The van der Waals surface area contributed by atoms with Gasteiger partial charge in [-0.1, -0.05) is 39.5 Å². The smallest absolute Gasteiger partial charge is 0.239 e. The van der Waals surface area contributed by atoms with Crippen LogP contribution in [0.5, 0.6) is 0 Å². The van der Waals surface area contributed by atoms with Crippen molar-refractivity contribution in [2.75, 3.05) is 13.6 Å². The zero-order chi connectivity index (χ0) is 12.8. The Hall–Kier alpha value is -0.280. The lowest BCUT2D eigenvalue weighted by Gasteiger charge is -2.30. The van der Waals surface area contributed by atoms with Crippen molar-refractivity contribution in [2.24, 2.45) is 17.6 Å². The highest BCUT2D eigenvalue weighted by Gasteiger charge is 2.25. The molecule has 1 aliphatic rings. The first-order chi connectivity index (χ1) is 8.06. The number of carbonyl (C=O) groups is 1. The maximum atomic E-state index is 12.1. The summed E-state index contributed by atoms with van der Waals surface area (Å²) < 4.78 is 0. The second-order valence-corrected chi connectivity index (χ2v) is 5.63. The van der Waals surface area contributed by atoms with Crippen LogP contribution in [-0.4, -0.2) is 30.4 Å². The molecule has 4 heteroatoms. The van der Waals surface area contributed by atoms with Crippen LogP contribution in [0, 0.1) is 11.8 Å². The fourth-order valence-corrected chi connectivity index (χ4v) is 2.60. The molecular weight excluding hydrogens is 248 g/mol. The van der Waals surface area contributed by atoms with Crippen LogP contribution in [0.3, 0.4) is 0 Å². The molecule has 1 rings (SSSR count). The van der Waals surface area contributed by atoms with E-state index in [2.05, 4.69) is 13.8 Å². The molecule has 2 N–H and O–H groups in total. The summed E-state index contributed by atoms with van der Waals surface area (Å²) in [5, 5.41) is 0. The summed E-state index contributed by atoms with van der Waals surface area (Å²) in [6.07, 6.45) is 7.52. The molecule has 2 unspecified atom stereocenters. The molecule has 0 bridgehead atoms. The van der Waals surface area contributed by atoms with Crippen LogP contribution in [0.15, 0.2) is 0 Å². The van der Waals surface area contributed by atoms with E-state index in [-0.39, 0.29) is 30.3 Å². The summed E-state index contributed by atoms with van der Waals surface area (Å²) in [5.41, 5.74) is 5.99. The van der Waals surface area contributed by atoms with Gasteiger partial charge in [0.15, 0.2) is 0 Å². The molecule has 1 amide bonds. The summed E-state index contributed by atoms with van der Waals surface area (Å²) >= 11 is 0. The standard InChI is InChI=1S/C14H28N2O.ClH/c1-4-11(2)13(15)14(17)16(3)10-12-8-6-5-7-9-12;/h11-13H,4-10,15H2,1-3H3;1H. The van der Waals surface area contributed by atoms with Crippen molar-refractivity contribution in [1.82, 2.24) is 4.90 Å². The Morgan fingerprint density at radius 3 is 2.39 bits per heavy atom. The van der Waals surface area contributed by atoms with Crippen molar-refractivity contribution in [2.45, 2.75) is 58.4 Å². The Bertz CT molecular complexity index is 242. The average Bonchev–Trinajstić information content (AvgIpc) is 2.37. The molecule has 0 aliphatic heterocycles. The summed E-state index contributed by atoms with van der Waals surface area (Å²) in [7, 11) is 1.90. The third-order valence-electron chi connectivity index (χ3n) is 4.18. The zero-order valence-electron chi connectivity index (χ0n) is 12.0. The molecule has 0 aromatic carbocycles. The van der Waals surface area contributed by atoms with Gasteiger partial charge in [-0.3, -0.25) is 4.79 Å². The van der Waals surface area contributed by atoms with E-state index in [1.165, 1.54) is 32.1 Å². The summed E-state index contributed by atoms with van der Waals surface area (Å²) in [6.45, 7) is 5.03. The molecule has 3 nitrogen and oxygen atoms in total. The first-order valence-electron chi connectivity index (χ1n) is 7.06. The van der Waals surface area contributed by atoms with Gasteiger partial charge in [0.2, 0.25) is 5.91 Å². The Morgan fingerprint density at radius 1 is 1.33 bits per heavy atom. The van der Waals surface area contributed by atoms with Gasteiger partial charge in [0.25, 0.3) is 0 Å². The van der Waals surface area contributed by atoms with Crippen LogP contribution in [0.25, 0.3) is 0 Å². The van der Waals surface area contributed by atoms with Gasteiger partial charge in [-0.2, -0.15) is 0 Å². The molecule has 1 fully saturated rings. The molecule has 0 radical (unpaired) electrons. The molecule has 108 valence electrons. The maximum absolute atomic E-state index is 12.1. The van der Waals surface area contributed by atoms with Gasteiger partial charge >= 0.3 is 0 Å². The molecular formula is C14H29ClN2O. The van der Waals surface area contributed by atoms with Crippen molar-refractivity contribution >= 4 is 18.3 Å². The van der Waals surface area contributed by atoms with E-state index in [0.717, 1.165) is 13.0 Å². The number of hydrogen-bond acceptors (Lipinski definition) is 2. The maximum Gasteiger partial charge on any atom is 0.239 e. The van der Waals surface area contributed by atoms with E-state index in [4.69, 9.17) is 5.73 Å². The number of rotatable bonds is 5. The topological polar surface area (TPSA) is 46.3 Å². The quantitative estimate of drug-likeness (QED) is 0.839. The van der Waals surface area contributed by atoms with E-state index < -0.39 is 0 Å². The molecule has 0 aromatic rings. The van der Waals surface area contributed by atoms with Crippen molar-refractivity contribution in [3.63, 3.8) is 0 Å². The lowest BCUT2D eigenvalue weighted by Crippen LogP contribution is -2.46. The van der Waals surface area contributed by atoms with E-state index in [1.54, 1.807) is 0 Å². The van der Waals surface area contributed by atoms with Crippen LogP contribution in [0.2, 0.25) is 0 Å². The normalized spacial score (nSPS) is 19.8. The fourth-order valence-electron chi connectivity index (χ4n) is 2.60. The minimum atomic E-state index is -0.325. The van der Waals surface area contributed by atoms with Crippen LogP contribution in [-0.2, 0) is 4.79 Å². The number of carbonyl (C=O) groups excluding carboxylic acids is 1.